The number of rotatable bonds is 8. The zero-order valence-electron chi connectivity index (χ0n) is 16.0. The van der Waals surface area contributed by atoms with Crippen LogP contribution in [0.4, 0.5) is 20.2 Å². The van der Waals surface area contributed by atoms with Crippen molar-refractivity contribution in [1.82, 2.24) is 9.88 Å². The van der Waals surface area contributed by atoms with Gasteiger partial charge in [-0.25, -0.2) is 13.6 Å². The van der Waals surface area contributed by atoms with E-state index in [-0.39, 0.29) is 24.1 Å². The summed E-state index contributed by atoms with van der Waals surface area (Å²) in [5.74, 6) is -3.66. The molecule has 1 heterocycles. The second kappa shape index (κ2) is 7.78. The molecule has 0 saturated heterocycles. The van der Waals surface area contributed by atoms with Crippen molar-refractivity contribution in [2.45, 2.75) is 44.8 Å². The number of carboxylic acids is 1. The minimum absolute atomic E-state index is 0.0812. The molecule has 0 amide bonds. The maximum atomic E-state index is 15.3. The normalized spacial score (nSPS) is 15.9. The molecule has 1 aliphatic carbocycles. The van der Waals surface area contributed by atoms with Gasteiger partial charge in [0.25, 0.3) is 0 Å². The minimum atomic E-state index is -1.49. The number of nitrogen functional groups attached to an aromatic ring is 1. The van der Waals surface area contributed by atoms with Gasteiger partial charge in [0, 0.05) is 24.8 Å². The number of aromatic carboxylic acids is 1. The Morgan fingerprint density at radius 1 is 1.38 bits per heavy atom. The van der Waals surface area contributed by atoms with Crippen molar-refractivity contribution in [2.75, 3.05) is 17.6 Å². The molecule has 8 nitrogen and oxygen atoms in total. The van der Waals surface area contributed by atoms with Gasteiger partial charge >= 0.3 is 5.97 Å². The lowest BCUT2D eigenvalue weighted by atomic mass is 10.1. The number of halogens is 2. The number of aromatic nitrogens is 1. The van der Waals surface area contributed by atoms with Gasteiger partial charge in [-0.1, -0.05) is 0 Å². The predicted octanol–water partition coefficient (Wildman–Crippen LogP) is 1.87. The number of pyridine rings is 1. The van der Waals surface area contributed by atoms with Crippen LogP contribution < -0.4 is 21.8 Å². The number of hydrogen-bond donors (Lipinski definition) is 4. The number of carbonyl (C=O) groups excluding carboxylic acids is 1. The van der Waals surface area contributed by atoms with Crippen LogP contribution in [-0.2, 0) is 4.79 Å². The molecule has 0 aliphatic heterocycles. The second-order valence-corrected chi connectivity index (χ2v) is 7.33. The lowest BCUT2D eigenvalue weighted by molar-refractivity contribution is -0.109. The highest BCUT2D eigenvalue weighted by molar-refractivity contribution is 5.99. The maximum absolute atomic E-state index is 15.3. The second-order valence-electron chi connectivity index (χ2n) is 7.33. The molecule has 0 radical (unpaired) electrons. The summed E-state index contributed by atoms with van der Waals surface area (Å²) in [5.41, 5.74) is 2.87. The number of nitrogens with zero attached hydrogens (tertiary/aromatic N) is 1. The number of benzene rings is 1. The van der Waals surface area contributed by atoms with Gasteiger partial charge in [0.1, 0.15) is 17.5 Å². The van der Waals surface area contributed by atoms with Crippen LogP contribution in [0.1, 0.15) is 43.1 Å². The van der Waals surface area contributed by atoms with Gasteiger partial charge < -0.3 is 30.8 Å². The first kappa shape index (κ1) is 20.7. The summed E-state index contributed by atoms with van der Waals surface area (Å²) in [6.45, 7) is 3.46. The van der Waals surface area contributed by atoms with Crippen LogP contribution in [-0.4, -0.2) is 40.6 Å². The van der Waals surface area contributed by atoms with E-state index in [1.807, 2.05) is 0 Å². The molecule has 10 heteroatoms. The van der Waals surface area contributed by atoms with Crippen LogP contribution in [0.25, 0.3) is 10.9 Å². The molecule has 1 fully saturated rings. The lowest BCUT2D eigenvalue weighted by Gasteiger charge is -2.20. The third kappa shape index (κ3) is 3.80. The van der Waals surface area contributed by atoms with Gasteiger partial charge in [-0.3, -0.25) is 4.79 Å². The van der Waals surface area contributed by atoms with Crippen LogP contribution in [0.15, 0.2) is 11.0 Å². The summed E-state index contributed by atoms with van der Waals surface area (Å²) in [7, 11) is 0. The van der Waals surface area contributed by atoms with Crippen molar-refractivity contribution in [1.29, 1.82) is 0 Å². The van der Waals surface area contributed by atoms with Gasteiger partial charge in [0.15, 0.2) is 11.6 Å². The molecule has 156 valence electrons. The molecule has 0 spiro atoms. The highest BCUT2D eigenvalue weighted by atomic mass is 19.1. The molecular weight excluding hydrogens is 386 g/mol. The quantitative estimate of drug-likeness (QED) is 0.388. The Kier molecular flexibility index (Phi) is 5.56. The van der Waals surface area contributed by atoms with Gasteiger partial charge in [0.05, 0.1) is 22.6 Å². The van der Waals surface area contributed by atoms with Gasteiger partial charge in [-0.2, -0.15) is 0 Å². The standard InChI is InChI=1S/C19H22F2N4O4/c1-8(24-9(2)7-26)5-23-16-13(20)15(22)12-17(14(16)21)25(10-3-4-10)6-11(18(12)27)19(28)29/h6-10,23-24H,3-5,22H2,1-2H3,(H,28,29)/t8-,9+/m0/s1. The van der Waals surface area contributed by atoms with E-state index in [2.05, 4.69) is 10.6 Å². The van der Waals surface area contributed by atoms with E-state index in [0.29, 0.717) is 19.1 Å². The zero-order chi connectivity index (χ0) is 21.5. The zero-order valence-corrected chi connectivity index (χ0v) is 16.0. The number of hydrogen-bond acceptors (Lipinski definition) is 6. The fourth-order valence-electron chi connectivity index (χ4n) is 3.32. The van der Waals surface area contributed by atoms with Crippen LogP contribution >= 0.6 is 0 Å². The summed E-state index contributed by atoms with van der Waals surface area (Å²) in [6, 6.07) is -0.916. The maximum Gasteiger partial charge on any atom is 0.341 e. The van der Waals surface area contributed by atoms with Crippen molar-refractivity contribution in [2.24, 2.45) is 0 Å². The molecule has 29 heavy (non-hydrogen) atoms. The van der Waals surface area contributed by atoms with Crippen LogP contribution in [0.3, 0.4) is 0 Å². The van der Waals surface area contributed by atoms with Crippen molar-refractivity contribution >= 4 is 34.5 Å². The monoisotopic (exact) mass is 408 g/mol. The molecule has 3 rings (SSSR count). The topological polar surface area (TPSA) is 126 Å². The third-order valence-corrected chi connectivity index (χ3v) is 4.89. The van der Waals surface area contributed by atoms with Crippen molar-refractivity contribution < 1.29 is 23.5 Å². The molecule has 1 aromatic carbocycles. The number of fused-ring (bicyclic) bond motifs is 1. The van der Waals surface area contributed by atoms with E-state index >= 15 is 4.39 Å². The van der Waals surface area contributed by atoms with Crippen LogP contribution in [0.2, 0.25) is 0 Å². The average Bonchev–Trinajstić information content (AvgIpc) is 3.50. The SMILES string of the molecule is C[C@H](C=O)N[C@@H](C)CNc1c(F)c(N)c2c(=O)c(C(=O)O)cn(C3CC3)c2c1F. The number of aldehydes is 1. The molecule has 0 bridgehead atoms. The van der Waals surface area contributed by atoms with Crippen LogP contribution in [0, 0.1) is 11.6 Å². The Hall–Kier alpha value is -3.01. The molecule has 1 saturated carbocycles. The molecule has 0 unspecified atom stereocenters. The molecule has 1 aromatic heterocycles. The first-order chi connectivity index (χ1) is 13.7. The first-order valence-electron chi connectivity index (χ1n) is 9.21. The van der Waals surface area contributed by atoms with E-state index in [9.17, 15) is 23.9 Å². The summed E-state index contributed by atoms with van der Waals surface area (Å²) in [5, 5.41) is 14.4. The van der Waals surface area contributed by atoms with E-state index in [1.54, 1.807) is 13.8 Å². The molecule has 2 aromatic rings. The highest BCUT2D eigenvalue weighted by Crippen LogP contribution is 2.40. The highest BCUT2D eigenvalue weighted by Gasteiger charge is 2.31. The third-order valence-electron chi connectivity index (χ3n) is 4.89. The molecule has 2 atom stereocenters. The Morgan fingerprint density at radius 3 is 2.59 bits per heavy atom. The summed E-state index contributed by atoms with van der Waals surface area (Å²) in [6.07, 6.45) is 3.16. The van der Waals surface area contributed by atoms with Gasteiger partial charge in [-0.15, -0.1) is 0 Å². The summed E-state index contributed by atoms with van der Waals surface area (Å²) >= 11 is 0. The lowest BCUT2D eigenvalue weighted by Crippen LogP contribution is -2.39. The number of nitrogens with one attached hydrogen (secondary N) is 2. The Morgan fingerprint density at radius 2 is 2.03 bits per heavy atom. The van der Waals surface area contributed by atoms with E-state index in [4.69, 9.17) is 5.73 Å². The Balaban J connectivity index is 2.13. The van der Waals surface area contributed by atoms with E-state index in [1.165, 1.54) is 4.57 Å². The van der Waals surface area contributed by atoms with E-state index < -0.39 is 51.4 Å². The Bertz CT molecular complexity index is 1050. The number of nitrogens with two attached hydrogens (primary N) is 1. The predicted molar refractivity (Wildman–Crippen MR) is 104 cm³/mol. The van der Waals surface area contributed by atoms with Crippen molar-refractivity contribution in [3.05, 3.63) is 33.6 Å². The van der Waals surface area contributed by atoms with Gasteiger partial charge in [-0.05, 0) is 26.7 Å². The smallest absolute Gasteiger partial charge is 0.341 e. The summed E-state index contributed by atoms with van der Waals surface area (Å²) < 4.78 is 31.5. The Labute approximate surface area is 164 Å². The molecule has 1 aliphatic rings. The molecule has 5 N–H and O–H groups in total. The fraction of sp³-hybridized carbons (Fsp3) is 0.421. The van der Waals surface area contributed by atoms with Crippen molar-refractivity contribution in [3.63, 3.8) is 0 Å². The van der Waals surface area contributed by atoms with Crippen LogP contribution in [0.5, 0.6) is 0 Å². The minimum Gasteiger partial charge on any atom is -0.477 e. The largest absolute Gasteiger partial charge is 0.477 e. The number of carbonyl (C=O) groups is 2. The van der Waals surface area contributed by atoms with E-state index in [0.717, 1.165) is 6.20 Å². The number of carboxylic acid groups (broad SMARTS) is 1. The fourth-order valence-corrected chi connectivity index (χ4v) is 3.32. The number of anilines is 2. The first-order valence-corrected chi connectivity index (χ1v) is 9.21. The molecular formula is C19H22F2N4O4. The van der Waals surface area contributed by atoms with Gasteiger partial charge in [0.2, 0.25) is 5.43 Å². The van der Waals surface area contributed by atoms with Crippen molar-refractivity contribution in [3.8, 4) is 0 Å². The average molecular weight is 408 g/mol. The summed E-state index contributed by atoms with van der Waals surface area (Å²) in [4.78, 5) is 34.7.